The highest BCUT2D eigenvalue weighted by molar-refractivity contribution is 5.84. The van der Waals surface area contributed by atoms with Gasteiger partial charge in [0.05, 0.1) is 6.54 Å². The van der Waals surface area contributed by atoms with Gasteiger partial charge in [0, 0.05) is 19.5 Å². The Morgan fingerprint density at radius 2 is 1.92 bits per heavy atom. The SMILES string of the molecule is CCN(Cc1ccccc1)C(=O)CNC(=O)CCC1CCNCC1. The maximum absolute atomic E-state index is 12.3. The van der Waals surface area contributed by atoms with Gasteiger partial charge in [0.2, 0.25) is 11.8 Å². The number of hydrogen-bond acceptors (Lipinski definition) is 3. The van der Waals surface area contributed by atoms with Gasteiger partial charge in [0.25, 0.3) is 0 Å². The molecule has 0 radical (unpaired) electrons. The van der Waals surface area contributed by atoms with Gasteiger partial charge in [-0.25, -0.2) is 0 Å². The summed E-state index contributed by atoms with van der Waals surface area (Å²) in [5.74, 6) is 0.590. The minimum Gasteiger partial charge on any atom is -0.347 e. The van der Waals surface area contributed by atoms with E-state index in [2.05, 4.69) is 10.6 Å². The second kappa shape index (κ2) is 10.1. The van der Waals surface area contributed by atoms with Crippen molar-refractivity contribution in [3.05, 3.63) is 35.9 Å². The minimum atomic E-state index is -0.0310. The Balaban J connectivity index is 1.69. The predicted molar refractivity (Wildman–Crippen MR) is 95.4 cm³/mol. The molecule has 24 heavy (non-hydrogen) atoms. The lowest BCUT2D eigenvalue weighted by Gasteiger charge is -2.23. The third-order valence-electron chi connectivity index (χ3n) is 4.63. The van der Waals surface area contributed by atoms with Gasteiger partial charge in [0.15, 0.2) is 0 Å². The van der Waals surface area contributed by atoms with E-state index in [1.165, 1.54) is 0 Å². The molecular weight excluding hydrogens is 302 g/mol. The van der Waals surface area contributed by atoms with E-state index >= 15 is 0 Å². The van der Waals surface area contributed by atoms with Crippen LogP contribution in [0.15, 0.2) is 30.3 Å². The molecule has 1 aromatic rings. The summed E-state index contributed by atoms with van der Waals surface area (Å²) >= 11 is 0. The molecule has 1 aromatic carbocycles. The maximum atomic E-state index is 12.3. The number of rotatable bonds is 8. The van der Waals surface area contributed by atoms with E-state index in [9.17, 15) is 9.59 Å². The van der Waals surface area contributed by atoms with Crippen molar-refractivity contribution in [2.75, 3.05) is 26.2 Å². The molecule has 0 atom stereocenters. The topological polar surface area (TPSA) is 61.4 Å². The Kier molecular flexibility index (Phi) is 7.75. The molecule has 1 fully saturated rings. The summed E-state index contributed by atoms with van der Waals surface area (Å²) in [5.41, 5.74) is 1.10. The van der Waals surface area contributed by atoms with E-state index in [0.29, 0.717) is 25.4 Å². The molecule has 1 aliphatic heterocycles. The van der Waals surface area contributed by atoms with E-state index < -0.39 is 0 Å². The van der Waals surface area contributed by atoms with Crippen LogP contribution >= 0.6 is 0 Å². The van der Waals surface area contributed by atoms with Gasteiger partial charge in [-0.15, -0.1) is 0 Å². The van der Waals surface area contributed by atoms with Gasteiger partial charge in [-0.3, -0.25) is 9.59 Å². The molecule has 2 amide bonds. The lowest BCUT2D eigenvalue weighted by atomic mass is 9.93. The molecule has 5 heteroatoms. The number of carbonyl (C=O) groups is 2. The quantitative estimate of drug-likeness (QED) is 0.765. The van der Waals surface area contributed by atoms with Crippen LogP contribution in [0.2, 0.25) is 0 Å². The fourth-order valence-corrected chi connectivity index (χ4v) is 3.06. The summed E-state index contributed by atoms with van der Waals surface area (Å²) < 4.78 is 0. The molecule has 5 nitrogen and oxygen atoms in total. The van der Waals surface area contributed by atoms with E-state index in [1.54, 1.807) is 4.90 Å². The van der Waals surface area contributed by atoms with Crippen LogP contribution in [0.3, 0.4) is 0 Å². The summed E-state index contributed by atoms with van der Waals surface area (Å²) in [4.78, 5) is 26.0. The zero-order valence-corrected chi connectivity index (χ0v) is 14.6. The summed E-state index contributed by atoms with van der Waals surface area (Å²) in [7, 11) is 0. The zero-order valence-electron chi connectivity index (χ0n) is 14.6. The van der Waals surface area contributed by atoms with Crippen molar-refractivity contribution >= 4 is 11.8 Å². The summed E-state index contributed by atoms with van der Waals surface area (Å²) in [6.45, 7) is 5.37. The van der Waals surface area contributed by atoms with Crippen molar-refractivity contribution in [1.29, 1.82) is 0 Å². The summed E-state index contributed by atoms with van der Waals surface area (Å²) in [5, 5.41) is 6.11. The Labute approximate surface area is 144 Å². The number of hydrogen-bond donors (Lipinski definition) is 2. The van der Waals surface area contributed by atoms with Gasteiger partial charge in [-0.05, 0) is 50.8 Å². The van der Waals surface area contributed by atoms with Crippen LogP contribution in [0.5, 0.6) is 0 Å². The first-order chi connectivity index (χ1) is 11.7. The van der Waals surface area contributed by atoms with Gasteiger partial charge >= 0.3 is 0 Å². The molecule has 1 saturated heterocycles. The second-order valence-corrected chi connectivity index (χ2v) is 6.40. The van der Waals surface area contributed by atoms with Crippen molar-refractivity contribution in [3.63, 3.8) is 0 Å². The van der Waals surface area contributed by atoms with Gasteiger partial charge in [0.1, 0.15) is 0 Å². The number of nitrogens with one attached hydrogen (secondary N) is 2. The molecule has 2 N–H and O–H groups in total. The fraction of sp³-hybridized carbons (Fsp3) is 0.579. The molecule has 1 heterocycles. The number of likely N-dealkylation sites (N-methyl/N-ethyl adjacent to an activating group) is 1. The van der Waals surface area contributed by atoms with Gasteiger partial charge < -0.3 is 15.5 Å². The highest BCUT2D eigenvalue weighted by atomic mass is 16.2. The minimum absolute atomic E-state index is 0.0161. The first-order valence-corrected chi connectivity index (χ1v) is 8.98. The Bertz CT molecular complexity index is 513. The molecular formula is C19H29N3O2. The van der Waals surface area contributed by atoms with Crippen molar-refractivity contribution in [3.8, 4) is 0 Å². The van der Waals surface area contributed by atoms with Crippen molar-refractivity contribution < 1.29 is 9.59 Å². The lowest BCUT2D eigenvalue weighted by Crippen LogP contribution is -2.40. The van der Waals surface area contributed by atoms with Crippen LogP contribution < -0.4 is 10.6 Å². The largest absolute Gasteiger partial charge is 0.347 e. The van der Waals surface area contributed by atoms with Crippen LogP contribution in [-0.4, -0.2) is 42.9 Å². The standard InChI is InChI=1S/C19H29N3O2/c1-2-22(15-17-6-4-3-5-7-17)19(24)14-21-18(23)9-8-16-10-12-20-13-11-16/h3-7,16,20H,2,8-15H2,1H3,(H,21,23). The highest BCUT2D eigenvalue weighted by Crippen LogP contribution is 2.17. The van der Waals surface area contributed by atoms with Crippen LogP contribution in [0.4, 0.5) is 0 Å². The van der Waals surface area contributed by atoms with Crippen LogP contribution in [0, 0.1) is 5.92 Å². The van der Waals surface area contributed by atoms with Crippen molar-refractivity contribution in [2.45, 2.75) is 39.2 Å². The summed E-state index contributed by atoms with van der Waals surface area (Å²) in [6, 6.07) is 9.91. The maximum Gasteiger partial charge on any atom is 0.242 e. The van der Waals surface area contributed by atoms with Crippen LogP contribution in [0.1, 0.15) is 38.2 Å². The average molecular weight is 331 g/mol. The second-order valence-electron chi connectivity index (χ2n) is 6.40. The molecule has 0 bridgehead atoms. The summed E-state index contributed by atoms with van der Waals surface area (Å²) in [6.07, 6.45) is 3.73. The van der Waals surface area contributed by atoms with E-state index in [1.807, 2.05) is 37.3 Å². The number of nitrogens with zero attached hydrogens (tertiary/aromatic N) is 1. The van der Waals surface area contributed by atoms with E-state index in [0.717, 1.165) is 37.9 Å². The Hall–Kier alpha value is -1.88. The number of piperidine rings is 1. The smallest absolute Gasteiger partial charge is 0.242 e. The number of benzene rings is 1. The normalized spacial score (nSPS) is 15.0. The van der Waals surface area contributed by atoms with Crippen LogP contribution in [0.25, 0.3) is 0 Å². The molecule has 0 aliphatic carbocycles. The van der Waals surface area contributed by atoms with Crippen LogP contribution in [-0.2, 0) is 16.1 Å². The number of amides is 2. The first kappa shape index (κ1) is 18.5. The fourth-order valence-electron chi connectivity index (χ4n) is 3.06. The molecule has 0 spiro atoms. The molecule has 2 rings (SSSR count). The average Bonchev–Trinajstić information content (AvgIpc) is 2.64. The predicted octanol–water partition coefficient (Wildman–Crippen LogP) is 1.93. The van der Waals surface area contributed by atoms with E-state index in [4.69, 9.17) is 0 Å². The third-order valence-corrected chi connectivity index (χ3v) is 4.63. The third kappa shape index (κ3) is 6.32. The molecule has 1 aliphatic rings. The number of carbonyl (C=O) groups excluding carboxylic acids is 2. The molecule has 0 unspecified atom stereocenters. The molecule has 132 valence electrons. The van der Waals surface area contributed by atoms with Gasteiger partial charge in [-0.1, -0.05) is 30.3 Å². The van der Waals surface area contributed by atoms with Crippen molar-refractivity contribution in [2.24, 2.45) is 5.92 Å². The molecule has 0 saturated carbocycles. The van der Waals surface area contributed by atoms with E-state index in [-0.39, 0.29) is 18.4 Å². The highest BCUT2D eigenvalue weighted by Gasteiger charge is 2.16. The van der Waals surface area contributed by atoms with Crippen molar-refractivity contribution in [1.82, 2.24) is 15.5 Å². The molecule has 0 aromatic heterocycles. The zero-order chi connectivity index (χ0) is 17.2. The first-order valence-electron chi connectivity index (χ1n) is 8.98. The Morgan fingerprint density at radius 1 is 1.21 bits per heavy atom. The Morgan fingerprint density at radius 3 is 2.58 bits per heavy atom. The van der Waals surface area contributed by atoms with Gasteiger partial charge in [-0.2, -0.15) is 0 Å². The monoisotopic (exact) mass is 331 g/mol. The lowest BCUT2D eigenvalue weighted by molar-refractivity contribution is -0.133.